The Morgan fingerprint density at radius 2 is 2.29 bits per heavy atom. The highest BCUT2D eigenvalue weighted by Gasteiger charge is 2.24. The van der Waals surface area contributed by atoms with Gasteiger partial charge in [-0.05, 0) is 38.1 Å². The van der Waals surface area contributed by atoms with Crippen molar-refractivity contribution in [3.63, 3.8) is 0 Å². The maximum Gasteiger partial charge on any atom is 0.0620 e. The second-order valence-corrected chi connectivity index (χ2v) is 5.94. The highest BCUT2D eigenvalue weighted by molar-refractivity contribution is 4.80. The fourth-order valence-corrected chi connectivity index (χ4v) is 3.16. The summed E-state index contributed by atoms with van der Waals surface area (Å²) in [7, 11) is 0. The van der Waals surface area contributed by atoms with Crippen molar-refractivity contribution in [3.05, 3.63) is 0 Å². The van der Waals surface area contributed by atoms with Crippen molar-refractivity contribution in [2.45, 2.75) is 51.6 Å². The summed E-state index contributed by atoms with van der Waals surface area (Å²) in [6.07, 6.45) is 5.46. The van der Waals surface area contributed by atoms with Crippen LogP contribution in [0, 0.1) is 11.8 Å². The molecule has 0 radical (unpaired) electrons. The Labute approximate surface area is 106 Å². The average molecular weight is 240 g/mol. The van der Waals surface area contributed by atoms with Gasteiger partial charge >= 0.3 is 0 Å². The van der Waals surface area contributed by atoms with Crippen LogP contribution in [0.1, 0.15) is 39.5 Å². The van der Waals surface area contributed by atoms with Crippen LogP contribution in [0.25, 0.3) is 0 Å². The average Bonchev–Trinajstić information content (AvgIpc) is 2.74. The zero-order valence-corrected chi connectivity index (χ0v) is 11.4. The second-order valence-electron chi connectivity index (χ2n) is 5.94. The molecule has 0 aromatic rings. The summed E-state index contributed by atoms with van der Waals surface area (Å²) in [6, 6.07) is 1.15. The van der Waals surface area contributed by atoms with Crippen molar-refractivity contribution >= 4 is 0 Å². The molecular weight excluding hydrogens is 212 g/mol. The number of nitrogens with one attached hydrogen (secondary N) is 2. The molecule has 2 fully saturated rings. The number of hydrogen-bond acceptors (Lipinski definition) is 3. The standard InChI is InChI=1S/C14H28N2O/c1-11-4-3-5-13(11)9-16-12(2)8-14-10-17-7-6-15-14/h11-16H,3-10H2,1-2H3. The van der Waals surface area contributed by atoms with E-state index in [9.17, 15) is 0 Å². The van der Waals surface area contributed by atoms with Crippen molar-refractivity contribution < 1.29 is 4.74 Å². The molecule has 1 aliphatic carbocycles. The van der Waals surface area contributed by atoms with E-state index in [1.807, 2.05) is 0 Å². The molecule has 1 aliphatic heterocycles. The Morgan fingerprint density at radius 3 is 2.94 bits per heavy atom. The topological polar surface area (TPSA) is 33.3 Å². The molecule has 4 unspecified atom stereocenters. The van der Waals surface area contributed by atoms with Gasteiger partial charge in [-0.2, -0.15) is 0 Å². The molecule has 1 heterocycles. The van der Waals surface area contributed by atoms with Crippen molar-refractivity contribution in [1.82, 2.24) is 10.6 Å². The molecule has 0 aromatic carbocycles. The van der Waals surface area contributed by atoms with Gasteiger partial charge in [0.15, 0.2) is 0 Å². The van der Waals surface area contributed by atoms with Crippen molar-refractivity contribution in [2.24, 2.45) is 11.8 Å². The van der Waals surface area contributed by atoms with Gasteiger partial charge in [0.1, 0.15) is 0 Å². The van der Waals surface area contributed by atoms with Crippen molar-refractivity contribution in [3.8, 4) is 0 Å². The van der Waals surface area contributed by atoms with E-state index in [4.69, 9.17) is 4.74 Å². The molecule has 0 amide bonds. The Bertz CT molecular complexity index is 216. The van der Waals surface area contributed by atoms with Gasteiger partial charge in [-0.25, -0.2) is 0 Å². The van der Waals surface area contributed by atoms with Crippen LogP contribution in [0.5, 0.6) is 0 Å². The summed E-state index contributed by atoms with van der Waals surface area (Å²) in [5.74, 6) is 1.83. The molecule has 100 valence electrons. The lowest BCUT2D eigenvalue weighted by Gasteiger charge is -2.27. The van der Waals surface area contributed by atoms with Crippen LogP contribution >= 0.6 is 0 Å². The van der Waals surface area contributed by atoms with Crippen LogP contribution in [0.15, 0.2) is 0 Å². The van der Waals surface area contributed by atoms with Crippen LogP contribution in [0.3, 0.4) is 0 Å². The number of ether oxygens (including phenoxy) is 1. The fraction of sp³-hybridized carbons (Fsp3) is 1.00. The van der Waals surface area contributed by atoms with E-state index in [0.29, 0.717) is 12.1 Å². The minimum atomic E-state index is 0.548. The molecular formula is C14H28N2O. The van der Waals surface area contributed by atoms with E-state index < -0.39 is 0 Å². The molecule has 1 saturated carbocycles. The largest absolute Gasteiger partial charge is 0.379 e. The first-order valence-corrected chi connectivity index (χ1v) is 7.30. The van der Waals surface area contributed by atoms with Gasteiger partial charge in [0.25, 0.3) is 0 Å². The zero-order valence-electron chi connectivity index (χ0n) is 11.4. The first-order chi connectivity index (χ1) is 8.25. The van der Waals surface area contributed by atoms with Gasteiger partial charge in [0, 0.05) is 18.6 Å². The lowest BCUT2D eigenvalue weighted by atomic mass is 9.97. The lowest BCUT2D eigenvalue weighted by Crippen LogP contribution is -2.45. The summed E-state index contributed by atoms with van der Waals surface area (Å²) in [6.45, 7) is 8.67. The summed E-state index contributed by atoms with van der Waals surface area (Å²) in [5.41, 5.74) is 0. The molecule has 2 aliphatic rings. The molecule has 2 rings (SSSR count). The number of morpholine rings is 1. The Balaban J connectivity index is 1.61. The fourth-order valence-electron chi connectivity index (χ4n) is 3.16. The van der Waals surface area contributed by atoms with E-state index >= 15 is 0 Å². The third-order valence-corrected chi connectivity index (χ3v) is 4.40. The van der Waals surface area contributed by atoms with Gasteiger partial charge in [0.2, 0.25) is 0 Å². The van der Waals surface area contributed by atoms with Gasteiger partial charge in [-0.15, -0.1) is 0 Å². The van der Waals surface area contributed by atoms with E-state index in [1.165, 1.54) is 32.2 Å². The molecule has 4 atom stereocenters. The Kier molecular flexibility index (Phi) is 5.26. The monoisotopic (exact) mass is 240 g/mol. The smallest absolute Gasteiger partial charge is 0.0620 e. The SMILES string of the molecule is CC(CC1COCCN1)NCC1CCCC1C. The van der Waals surface area contributed by atoms with Gasteiger partial charge in [0.05, 0.1) is 13.2 Å². The van der Waals surface area contributed by atoms with Crippen molar-refractivity contribution in [2.75, 3.05) is 26.3 Å². The normalized spacial score (nSPS) is 36.0. The third-order valence-electron chi connectivity index (χ3n) is 4.40. The molecule has 1 saturated heterocycles. The van der Waals surface area contributed by atoms with E-state index in [2.05, 4.69) is 24.5 Å². The molecule has 3 heteroatoms. The highest BCUT2D eigenvalue weighted by atomic mass is 16.5. The highest BCUT2D eigenvalue weighted by Crippen LogP contribution is 2.30. The summed E-state index contributed by atoms with van der Waals surface area (Å²) in [5, 5.41) is 7.23. The maximum atomic E-state index is 5.49. The maximum absolute atomic E-state index is 5.49. The minimum Gasteiger partial charge on any atom is -0.379 e. The van der Waals surface area contributed by atoms with Crippen LogP contribution in [-0.2, 0) is 4.74 Å². The molecule has 0 bridgehead atoms. The Hall–Kier alpha value is -0.120. The minimum absolute atomic E-state index is 0.548. The molecule has 2 N–H and O–H groups in total. The quantitative estimate of drug-likeness (QED) is 0.768. The van der Waals surface area contributed by atoms with Crippen LogP contribution in [0.2, 0.25) is 0 Å². The van der Waals surface area contributed by atoms with E-state index in [-0.39, 0.29) is 0 Å². The van der Waals surface area contributed by atoms with Crippen LogP contribution in [0.4, 0.5) is 0 Å². The molecule has 3 nitrogen and oxygen atoms in total. The van der Waals surface area contributed by atoms with E-state index in [0.717, 1.165) is 31.6 Å². The zero-order chi connectivity index (χ0) is 12.1. The predicted octanol–water partition coefficient (Wildman–Crippen LogP) is 1.78. The van der Waals surface area contributed by atoms with Gasteiger partial charge in [-0.1, -0.05) is 19.8 Å². The molecule has 0 aromatic heterocycles. The summed E-state index contributed by atoms with van der Waals surface area (Å²) >= 11 is 0. The van der Waals surface area contributed by atoms with Crippen molar-refractivity contribution in [1.29, 1.82) is 0 Å². The van der Waals surface area contributed by atoms with Gasteiger partial charge < -0.3 is 15.4 Å². The van der Waals surface area contributed by atoms with Gasteiger partial charge in [-0.3, -0.25) is 0 Å². The first-order valence-electron chi connectivity index (χ1n) is 7.30. The number of hydrogen-bond donors (Lipinski definition) is 2. The number of rotatable bonds is 5. The first kappa shape index (κ1) is 13.3. The Morgan fingerprint density at radius 1 is 1.41 bits per heavy atom. The van der Waals surface area contributed by atoms with Crippen LogP contribution < -0.4 is 10.6 Å². The summed E-state index contributed by atoms with van der Waals surface area (Å²) < 4.78 is 5.49. The molecule has 17 heavy (non-hydrogen) atoms. The van der Waals surface area contributed by atoms with E-state index in [1.54, 1.807) is 0 Å². The second kappa shape index (κ2) is 6.72. The third kappa shape index (κ3) is 4.23. The predicted molar refractivity (Wildman–Crippen MR) is 71.2 cm³/mol. The lowest BCUT2D eigenvalue weighted by molar-refractivity contribution is 0.0710. The summed E-state index contributed by atoms with van der Waals surface area (Å²) in [4.78, 5) is 0. The van der Waals surface area contributed by atoms with Crippen LogP contribution in [-0.4, -0.2) is 38.4 Å². The molecule has 0 spiro atoms.